The first-order valence-electron chi connectivity index (χ1n) is 7.79. The van der Waals surface area contributed by atoms with Crippen LogP contribution < -0.4 is 5.32 Å². The molecule has 24 heavy (non-hydrogen) atoms. The summed E-state index contributed by atoms with van der Waals surface area (Å²) in [6, 6.07) is -0.874. The molecular weight excluding hydrogens is 330 g/mol. The van der Waals surface area contributed by atoms with Crippen molar-refractivity contribution in [3.8, 4) is 0 Å². The third-order valence-electron chi connectivity index (χ3n) is 4.41. The lowest BCUT2D eigenvalue weighted by Gasteiger charge is -2.31. The average molecular weight is 349 g/mol. The second kappa shape index (κ2) is 7.94. The maximum Gasteiger partial charge on any atom is 0.254 e. The monoisotopic (exact) mass is 349 g/mol. The van der Waals surface area contributed by atoms with E-state index in [0.29, 0.717) is 0 Å². The summed E-state index contributed by atoms with van der Waals surface area (Å²) in [6.45, 7) is -0.628. The highest BCUT2D eigenvalue weighted by Crippen LogP contribution is 2.28. The highest BCUT2D eigenvalue weighted by Gasteiger charge is 2.31. The lowest BCUT2D eigenvalue weighted by atomic mass is 9.82. The first kappa shape index (κ1) is 18.7. The highest BCUT2D eigenvalue weighted by molar-refractivity contribution is 5.94. The van der Waals surface area contributed by atoms with E-state index in [4.69, 9.17) is 0 Å². The van der Waals surface area contributed by atoms with Gasteiger partial charge in [0.15, 0.2) is 23.3 Å². The van der Waals surface area contributed by atoms with Crippen molar-refractivity contribution in [2.75, 3.05) is 6.61 Å². The highest BCUT2D eigenvalue weighted by atomic mass is 19.2. The quantitative estimate of drug-likeness (QED) is 0.434. The summed E-state index contributed by atoms with van der Waals surface area (Å²) >= 11 is 0. The van der Waals surface area contributed by atoms with Crippen LogP contribution in [0.25, 0.3) is 0 Å². The van der Waals surface area contributed by atoms with Gasteiger partial charge < -0.3 is 15.5 Å². The first-order chi connectivity index (χ1) is 11.4. The zero-order valence-electron chi connectivity index (χ0n) is 12.9. The summed E-state index contributed by atoms with van der Waals surface area (Å²) in [5.74, 6) is -9.00. The van der Waals surface area contributed by atoms with Crippen LogP contribution in [-0.4, -0.2) is 34.9 Å². The van der Waals surface area contributed by atoms with Gasteiger partial charge in [0.1, 0.15) is 0 Å². The predicted molar refractivity (Wildman–Crippen MR) is 77.2 cm³/mol. The number of amides is 1. The normalized spacial score (nSPS) is 18.2. The fraction of sp³-hybridized carbons (Fsp3) is 0.562. The number of hydrogen-bond acceptors (Lipinski definition) is 3. The standard InChI is InChI=1S/C16H19F4NO3/c17-10-6-9(12(18)14(20)13(10)19)16(24)21-11(7-22)15(23)8-4-2-1-3-5-8/h6,8,11,15,22-23H,1-5,7H2,(H,21,24). The van der Waals surface area contributed by atoms with Gasteiger partial charge in [0, 0.05) is 0 Å². The maximum atomic E-state index is 13.6. The van der Waals surface area contributed by atoms with Crippen molar-refractivity contribution in [2.45, 2.75) is 44.2 Å². The lowest BCUT2D eigenvalue weighted by Crippen LogP contribution is -2.49. The first-order valence-corrected chi connectivity index (χ1v) is 7.79. The van der Waals surface area contributed by atoms with E-state index in [1.165, 1.54) is 0 Å². The summed E-state index contributed by atoms with van der Waals surface area (Å²) in [4.78, 5) is 12.0. The van der Waals surface area contributed by atoms with Gasteiger partial charge in [-0.05, 0) is 24.8 Å². The largest absolute Gasteiger partial charge is 0.394 e. The summed E-state index contributed by atoms with van der Waals surface area (Å²) in [5, 5.41) is 21.8. The van der Waals surface area contributed by atoms with E-state index in [-0.39, 0.29) is 12.0 Å². The Labute approximate surface area is 136 Å². The number of aliphatic hydroxyl groups excluding tert-OH is 2. The van der Waals surface area contributed by atoms with E-state index in [2.05, 4.69) is 5.32 Å². The van der Waals surface area contributed by atoms with E-state index in [1.807, 2.05) is 0 Å². The Morgan fingerprint density at radius 1 is 1.12 bits per heavy atom. The van der Waals surface area contributed by atoms with Crippen molar-refractivity contribution in [3.63, 3.8) is 0 Å². The zero-order valence-corrected chi connectivity index (χ0v) is 12.9. The summed E-state index contributed by atoms with van der Waals surface area (Å²) in [6.07, 6.45) is 3.24. The molecule has 2 unspecified atom stereocenters. The Kier molecular flexibility index (Phi) is 6.17. The van der Waals surface area contributed by atoms with Gasteiger partial charge in [-0.25, -0.2) is 17.6 Å². The topological polar surface area (TPSA) is 69.6 Å². The molecule has 2 rings (SSSR count). The SMILES string of the molecule is O=C(NC(CO)C(O)C1CCCCC1)c1cc(F)c(F)c(F)c1F. The van der Waals surface area contributed by atoms with Crippen LogP contribution >= 0.6 is 0 Å². The zero-order chi connectivity index (χ0) is 17.9. The van der Waals surface area contributed by atoms with Gasteiger partial charge in [0.25, 0.3) is 5.91 Å². The molecule has 1 aliphatic rings. The number of benzene rings is 1. The molecule has 0 spiro atoms. The van der Waals surface area contributed by atoms with Crippen LogP contribution in [0.2, 0.25) is 0 Å². The van der Waals surface area contributed by atoms with Crippen molar-refractivity contribution in [1.82, 2.24) is 5.32 Å². The molecule has 1 aromatic carbocycles. The van der Waals surface area contributed by atoms with Crippen LogP contribution in [0, 0.1) is 29.2 Å². The summed E-state index contributed by atoms with van der Waals surface area (Å²) < 4.78 is 53.0. The number of nitrogens with one attached hydrogen (secondary N) is 1. The average Bonchev–Trinajstić information content (AvgIpc) is 2.60. The van der Waals surface area contributed by atoms with Gasteiger partial charge in [0.05, 0.1) is 24.3 Å². The van der Waals surface area contributed by atoms with Crippen LogP contribution in [0.1, 0.15) is 42.5 Å². The Bertz CT molecular complexity index is 605. The van der Waals surface area contributed by atoms with Gasteiger partial charge in [-0.2, -0.15) is 0 Å². The number of carbonyl (C=O) groups excluding carboxylic acids is 1. The minimum Gasteiger partial charge on any atom is -0.394 e. The molecule has 0 aromatic heterocycles. The number of rotatable bonds is 5. The summed E-state index contributed by atoms with van der Waals surface area (Å²) in [7, 11) is 0. The van der Waals surface area contributed by atoms with Gasteiger partial charge in [-0.3, -0.25) is 4.79 Å². The molecule has 0 saturated heterocycles. The molecule has 2 atom stereocenters. The van der Waals surface area contributed by atoms with Crippen molar-refractivity contribution >= 4 is 5.91 Å². The molecule has 0 heterocycles. The minimum absolute atomic E-state index is 0.136. The van der Waals surface area contributed by atoms with Crippen LogP contribution in [0.4, 0.5) is 17.6 Å². The van der Waals surface area contributed by atoms with Crippen LogP contribution in [0.5, 0.6) is 0 Å². The number of hydrogen-bond donors (Lipinski definition) is 3. The van der Waals surface area contributed by atoms with E-state index in [9.17, 15) is 32.6 Å². The van der Waals surface area contributed by atoms with Crippen LogP contribution in [0.3, 0.4) is 0 Å². The molecule has 0 aliphatic heterocycles. The molecular formula is C16H19F4NO3. The lowest BCUT2D eigenvalue weighted by molar-refractivity contribution is 0.0277. The minimum atomic E-state index is -2.09. The molecule has 3 N–H and O–H groups in total. The van der Waals surface area contributed by atoms with E-state index < -0.39 is 53.5 Å². The second-order valence-corrected chi connectivity index (χ2v) is 6.00. The van der Waals surface area contributed by atoms with Gasteiger partial charge >= 0.3 is 0 Å². The molecule has 1 fully saturated rings. The number of carbonyl (C=O) groups is 1. The Balaban J connectivity index is 2.14. The fourth-order valence-electron chi connectivity index (χ4n) is 3.03. The van der Waals surface area contributed by atoms with Gasteiger partial charge in [0.2, 0.25) is 0 Å². The number of aliphatic hydroxyl groups is 2. The van der Waals surface area contributed by atoms with Crippen molar-refractivity contribution in [3.05, 3.63) is 34.9 Å². The molecule has 0 radical (unpaired) electrons. The molecule has 134 valence electrons. The van der Waals surface area contributed by atoms with E-state index in [1.54, 1.807) is 0 Å². The number of halogens is 4. The molecule has 1 aromatic rings. The maximum absolute atomic E-state index is 13.6. The predicted octanol–water partition coefficient (Wildman–Crippen LogP) is 2.27. The molecule has 0 bridgehead atoms. The summed E-state index contributed by atoms with van der Waals surface area (Å²) in [5.41, 5.74) is -1.03. The van der Waals surface area contributed by atoms with E-state index >= 15 is 0 Å². The van der Waals surface area contributed by atoms with Gasteiger partial charge in [-0.1, -0.05) is 19.3 Å². The van der Waals surface area contributed by atoms with Crippen molar-refractivity contribution < 1.29 is 32.6 Å². The molecule has 1 saturated carbocycles. The molecule has 4 nitrogen and oxygen atoms in total. The third-order valence-corrected chi connectivity index (χ3v) is 4.41. The molecule has 1 aliphatic carbocycles. The van der Waals surface area contributed by atoms with Crippen LogP contribution in [-0.2, 0) is 0 Å². The van der Waals surface area contributed by atoms with Crippen molar-refractivity contribution in [2.24, 2.45) is 5.92 Å². The molecule has 8 heteroatoms. The Morgan fingerprint density at radius 3 is 2.33 bits per heavy atom. The Hall–Kier alpha value is -1.67. The fourth-order valence-corrected chi connectivity index (χ4v) is 3.03. The second-order valence-electron chi connectivity index (χ2n) is 6.00. The Morgan fingerprint density at radius 2 is 1.75 bits per heavy atom. The molecule has 1 amide bonds. The van der Waals surface area contributed by atoms with Gasteiger partial charge in [-0.15, -0.1) is 0 Å². The van der Waals surface area contributed by atoms with Crippen LogP contribution in [0.15, 0.2) is 6.07 Å². The third kappa shape index (κ3) is 3.87. The van der Waals surface area contributed by atoms with Crippen molar-refractivity contribution in [1.29, 1.82) is 0 Å². The smallest absolute Gasteiger partial charge is 0.254 e. The van der Waals surface area contributed by atoms with E-state index in [0.717, 1.165) is 32.1 Å².